The monoisotopic (exact) mass is 334 g/mol. The Morgan fingerprint density at radius 3 is 2.76 bits per heavy atom. The minimum atomic E-state index is -0.310. The summed E-state index contributed by atoms with van der Waals surface area (Å²) in [5.41, 5.74) is 4.09. The van der Waals surface area contributed by atoms with Crippen molar-refractivity contribution >= 4 is 22.8 Å². The molecule has 0 aliphatic heterocycles. The lowest BCUT2D eigenvalue weighted by atomic mass is 10.1. The first kappa shape index (κ1) is 15.4. The summed E-state index contributed by atoms with van der Waals surface area (Å²) in [6.45, 7) is 4.07. The number of fused-ring (bicyclic) bond motifs is 2. The van der Waals surface area contributed by atoms with Crippen molar-refractivity contribution in [3.8, 4) is 11.1 Å². The number of aldehydes is 1. The van der Waals surface area contributed by atoms with Gasteiger partial charge in [0.1, 0.15) is 11.5 Å². The molecule has 0 aliphatic carbocycles. The van der Waals surface area contributed by atoms with Crippen LogP contribution >= 0.6 is 0 Å². The Morgan fingerprint density at radius 1 is 1.16 bits per heavy atom. The molecule has 25 heavy (non-hydrogen) atoms. The van der Waals surface area contributed by atoms with Crippen molar-refractivity contribution < 1.29 is 9.18 Å². The Kier molecular flexibility index (Phi) is 3.53. The summed E-state index contributed by atoms with van der Waals surface area (Å²) in [6, 6.07) is 8.07. The van der Waals surface area contributed by atoms with Gasteiger partial charge in [-0.05, 0) is 36.2 Å². The predicted molar refractivity (Wildman–Crippen MR) is 93.2 cm³/mol. The van der Waals surface area contributed by atoms with Gasteiger partial charge in [0.15, 0.2) is 11.9 Å². The highest BCUT2D eigenvalue weighted by molar-refractivity contribution is 5.87. The minimum Gasteiger partial charge on any atom is -0.296 e. The summed E-state index contributed by atoms with van der Waals surface area (Å²) in [7, 11) is 0. The number of hydrogen-bond acceptors (Lipinski definition) is 4. The molecule has 6 heteroatoms. The number of carbonyl (C=O) groups excluding carboxylic acids is 1. The van der Waals surface area contributed by atoms with Gasteiger partial charge < -0.3 is 0 Å². The number of nitrogens with zero attached hydrogens (tertiary/aromatic N) is 4. The molecule has 124 valence electrons. The van der Waals surface area contributed by atoms with Crippen molar-refractivity contribution in [3.05, 3.63) is 59.9 Å². The van der Waals surface area contributed by atoms with Crippen LogP contribution in [0.5, 0.6) is 0 Å². The molecule has 3 aromatic heterocycles. The van der Waals surface area contributed by atoms with Crippen LogP contribution in [0.15, 0.2) is 42.7 Å². The lowest BCUT2D eigenvalue weighted by molar-refractivity contribution is 0.111. The van der Waals surface area contributed by atoms with Crippen LogP contribution in [0.25, 0.3) is 27.7 Å². The van der Waals surface area contributed by atoms with E-state index in [0.29, 0.717) is 22.2 Å². The third-order valence-electron chi connectivity index (χ3n) is 4.19. The molecule has 0 aliphatic rings. The maximum absolute atomic E-state index is 13.5. The van der Waals surface area contributed by atoms with Gasteiger partial charge in [-0.1, -0.05) is 13.8 Å². The first-order chi connectivity index (χ1) is 12.1. The molecule has 0 radical (unpaired) electrons. The van der Waals surface area contributed by atoms with Gasteiger partial charge in [-0.2, -0.15) is 5.10 Å². The molecule has 5 nitrogen and oxygen atoms in total. The van der Waals surface area contributed by atoms with E-state index in [1.54, 1.807) is 29.0 Å². The highest BCUT2D eigenvalue weighted by Gasteiger charge is 2.15. The van der Waals surface area contributed by atoms with E-state index in [4.69, 9.17) is 0 Å². The van der Waals surface area contributed by atoms with Crippen LogP contribution < -0.4 is 0 Å². The summed E-state index contributed by atoms with van der Waals surface area (Å²) in [5, 5.41) is 5.13. The number of benzene rings is 1. The van der Waals surface area contributed by atoms with Crippen molar-refractivity contribution in [2.75, 3.05) is 0 Å². The van der Waals surface area contributed by atoms with Gasteiger partial charge in [0.05, 0.1) is 11.7 Å². The smallest absolute Gasteiger partial charge is 0.168 e. The molecule has 0 spiro atoms. The molecule has 0 saturated carbocycles. The van der Waals surface area contributed by atoms with E-state index in [2.05, 4.69) is 15.1 Å². The SMILES string of the molecule is CC(C)c1cc(C=O)nc2c(-c3cnc4ccc(F)cc4c3)cnn12. The molecule has 0 saturated heterocycles. The van der Waals surface area contributed by atoms with Crippen molar-refractivity contribution in [1.82, 2.24) is 19.6 Å². The van der Waals surface area contributed by atoms with Crippen LogP contribution in [0, 0.1) is 5.82 Å². The van der Waals surface area contributed by atoms with Crippen molar-refractivity contribution in [1.29, 1.82) is 0 Å². The Hall–Kier alpha value is -3.15. The molecule has 0 N–H and O–H groups in total. The largest absolute Gasteiger partial charge is 0.296 e. The third kappa shape index (κ3) is 2.55. The second-order valence-electron chi connectivity index (χ2n) is 6.23. The molecule has 0 fully saturated rings. The number of pyridine rings is 1. The minimum absolute atomic E-state index is 0.181. The van der Waals surface area contributed by atoms with Gasteiger partial charge in [0, 0.05) is 28.4 Å². The van der Waals surface area contributed by atoms with Crippen LogP contribution in [-0.4, -0.2) is 25.9 Å². The topological polar surface area (TPSA) is 60.2 Å². The molecule has 0 amide bonds. The van der Waals surface area contributed by atoms with Gasteiger partial charge in [0.2, 0.25) is 0 Å². The first-order valence-corrected chi connectivity index (χ1v) is 7.96. The fourth-order valence-electron chi connectivity index (χ4n) is 2.93. The number of halogens is 1. The molecule has 4 rings (SSSR count). The van der Waals surface area contributed by atoms with Crippen molar-refractivity contribution in [2.45, 2.75) is 19.8 Å². The summed E-state index contributed by atoms with van der Waals surface area (Å²) in [6.07, 6.45) is 4.14. The summed E-state index contributed by atoms with van der Waals surface area (Å²) in [5.74, 6) is -0.129. The molecule has 0 bridgehead atoms. The molecule has 0 atom stereocenters. The third-order valence-corrected chi connectivity index (χ3v) is 4.19. The van der Waals surface area contributed by atoms with Gasteiger partial charge in [-0.15, -0.1) is 0 Å². The fraction of sp³-hybridized carbons (Fsp3) is 0.158. The van der Waals surface area contributed by atoms with E-state index in [1.807, 2.05) is 19.9 Å². The van der Waals surface area contributed by atoms with E-state index in [0.717, 1.165) is 23.1 Å². The highest BCUT2D eigenvalue weighted by Crippen LogP contribution is 2.28. The Balaban J connectivity index is 1.98. The zero-order valence-corrected chi connectivity index (χ0v) is 13.8. The lowest BCUT2D eigenvalue weighted by Crippen LogP contribution is -2.05. The van der Waals surface area contributed by atoms with Gasteiger partial charge in [-0.25, -0.2) is 13.9 Å². The standard InChI is InChI=1S/C19H15FN4O/c1-11(2)18-7-15(10-25)23-19-16(9-22-24(18)19)13-5-12-6-14(20)3-4-17(12)21-8-13/h3-11H,1-2H3. The Morgan fingerprint density at radius 2 is 2.00 bits per heavy atom. The van der Waals surface area contributed by atoms with Crippen LogP contribution in [0.2, 0.25) is 0 Å². The molecule has 0 unspecified atom stereocenters. The van der Waals surface area contributed by atoms with Crippen LogP contribution in [0.3, 0.4) is 0 Å². The zero-order valence-electron chi connectivity index (χ0n) is 13.8. The van der Waals surface area contributed by atoms with Crippen LogP contribution in [0.4, 0.5) is 4.39 Å². The number of hydrogen-bond donors (Lipinski definition) is 0. The van der Waals surface area contributed by atoms with Gasteiger partial charge >= 0.3 is 0 Å². The molecule has 3 heterocycles. The second-order valence-corrected chi connectivity index (χ2v) is 6.23. The van der Waals surface area contributed by atoms with Gasteiger partial charge in [-0.3, -0.25) is 9.78 Å². The van der Waals surface area contributed by atoms with Crippen molar-refractivity contribution in [2.24, 2.45) is 0 Å². The van der Waals surface area contributed by atoms with Gasteiger partial charge in [0.25, 0.3) is 0 Å². The molecular formula is C19H15FN4O. The highest BCUT2D eigenvalue weighted by atomic mass is 19.1. The van der Waals surface area contributed by atoms with E-state index in [-0.39, 0.29) is 11.7 Å². The average molecular weight is 334 g/mol. The zero-order chi connectivity index (χ0) is 17.6. The summed E-state index contributed by atoms with van der Waals surface area (Å²) >= 11 is 0. The maximum atomic E-state index is 13.5. The van der Waals surface area contributed by atoms with E-state index < -0.39 is 0 Å². The fourth-order valence-corrected chi connectivity index (χ4v) is 2.93. The molecular weight excluding hydrogens is 319 g/mol. The summed E-state index contributed by atoms with van der Waals surface area (Å²) < 4.78 is 15.2. The van der Waals surface area contributed by atoms with E-state index >= 15 is 0 Å². The number of carbonyl (C=O) groups is 1. The average Bonchev–Trinajstić information content (AvgIpc) is 3.03. The Bertz CT molecular complexity index is 1120. The van der Waals surface area contributed by atoms with Crippen molar-refractivity contribution in [3.63, 3.8) is 0 Å². The normalized spacial score (nSPS) is 11.5. The van der Waals surface area contributed by atoms with Crippen LogP contribution in [0.1, 0.15) is 35.9 Å². The first-order valence-electron chi connectivity index (χ1n) is 7.96. The number of aromatic nitrogens is 4. The quantitative estimate of drug-likeness (QED) is 0.531. The van der Waals surface area contributed by atoms with E-state index in [9.17, 15) is 9.18 Å². The van der Waals surface area contributed by atoms with E-state index in [1.165, 1.54) is 12.1 Å². The van der Waals surface area contributed by atoms with Crippen LogP contribution in [-0.2, 0) is 0 Å². The molecule has 1 aromatic carbocycles. The second kappa shape index (κ2) is 5.73. The lowest BCUT2D eigenvalue weighted by Gasteiger charge is -2.09. The maximum Gasteiger partial charge on any atom is 0.168 e. The molecule has 4 aromatic rings. The number of rotatable bonds is 3. The Labute approximate surface area is 143 Å². The predicted octanol–water partition coefficient (Wildman–Crippen LogP) is 4.02. The summed E-state index contributed by atoms with van der Waals surface area (Å²) in [4.78, 5) is 20.0.